The van der Waals surface area contributed by atoms with Gasteiger partial charge in [-0.15, -0.1) is 0 Å². The molecule has 0 aromatic heterocycles. The zero-order chi connectivity index (χ0) is 4.50. The molecule has 0 saturated heterocycles. The summed E-state index contributed by atoms with van der Waals surface area (Å²) in [5.74, 6) is 0. The predicted octanol–water partition coefficient (Wildman–Crippen LogP) is -0.503. The van der Waals surface area contributed by atoms with Crippen LogP contribution in [0.1, 0.15) is 0 Å². The van der Waals surface area contributed by atoms with Gasteiger partial charge in [-0.05, 0) is 0 Å². The average molecular weight is 170 g/mol. The molecule has 7 heteroatoms. The predicted molar refractivity (Wildman–Crippen MR) is 16.7 cm³/mol. The van der Waals surface area contributed by atoms with E-state index in [1.165, 1.54) is 0 Å². The van der Waals surface area contributed by atoms with Crippen LogP contribution in [-0.4, -0.2) is 17.5 Å². The second kappa shape index (κ2) is 4.49. The minimum absolute atomic E-state index is 0. The van der Waals surface area contributed by atoms with E-state index in [-0.39, 0.29) is 22.1 Å². The van der Waals surface area contributed by atoms with Gasteiger partial charge in [-0.1, -0.05) is 0 Å². The minimum Gasteiger partial charge on any atom is -0.269 e. The first-order chi connectivity index (χ1) is 2.00. The molecule has 0 spiro atoms. The second-order valence-corrected chi connectivity index (χ2v) is 1.34. The summed E-state index contributed by atoms with van der Waals surface area (Å²) < 4.78 is 31.6. The monoisotopic (exact) mass is 170 g/mol. The standard InChI is InChI=1S/Cr.FH.H2O4S/c;;1-5(2,3)4/h;1H;(H2,1,2,3,4). The summed E-state index contributed by atoms with van der Waals surface area (Å²) in [7, 11) is -4.67. The number of hydrogen-bond donors (Lipinski definition) is 2. The van der Waals surface area contributed by atoms with E-state index in [0.29, 0.717) is 0 Å². The maximum atomic E-state index is 8.74. The molecule has 0 aromatic carbocycles. The van der Waals surface area contributed by atoms with Crippen LogP contribution >= 0.6 is 0 Å². The van der Waals surface area contributed by atoms with Crippen LogP contribution < -0.4 is 0 Å². The fourth-order valence-corrected chi connectivity index (χ4v) is 0. The molecule has 0 radical (unpaired) electrons. The first-order valence-electron chi connectivity index (χ1n) is 0.698. The molecule has 0 aliphatic rings. The van der Waals surface area contributed by atoms with Crippen LogP contribution in [0.15, 0.2) is 0 Å². The van der Waals surface area contributed by atoms with E-state index in [9.17, 15) is 0 Å². The quantitative estimate of drug-likeness (QED) is 0.480. The molecule has 0 heterocycles. The summed E-state index contributed by atoms with van der Waals surface area (Å²) in [6.45, 7) is 0. The molecule has 0 rings (SSSR count). The SMILES string of the molecule is F.O=S(=O)(O)O.[Cr]. The zero-order valence-electron chi connectivity index (χ0n) is 2.94. The third kappa shape index (κ3) is 1080. The molecule has 0 aliphatic carbocycles. The molecule has 0 atom stereocenters. The van der Waals surface area contributed by atoms with Gasteiger partial charge in [0.05, 0.1) is 0 Å². The Morgan fingerprint density at radius 3 is 1.14 bits per heavy atom. The molecule has 0 saturated carbocycles. The molecule has 0 fully saturated rings. The molecule has 0 bridgehead atoms. The second-order valence-electron chi connectivity index (χ2n) is 0.448. The maximum Gasteiger partial charge on any atom is 0.394 e. The van der Waals surface area contributed by atoms with Crippen molar-refractivity contribution in [2.24, 2.45) is 0 Å². The van der Waals surface area contributed by atoms with Gasteiger partial charge in [0.25, 0.3) is 0 Å². The molecule has 0 aromatic rings. The smallest absolute Gasteiger partial charge is 0.269 e. The molecule has 2 N–H and O–H groups in total. The van der Waals surface area contributed by atoms with Crippen molar-refractivity contribution in [1.82, 2.24) is 0 Å². The average Bonchev–Trinajstić information content (AvgIpc) is 0.722. The van der Waals surface area contributed by atoms with Crippen LogP contribution in [0, 0.1) is 0 Å². The Morgan fingerprint density at radius 2 is 1.14 bits per heavy atom. The minimum atomic E-state index is -4.67. The van der Waals surface area contributed by atoms with Crippen molar-refractivity contribution in [3.8, 4) is 0 Å². The first-order valence-corrected chi connectivity index (χ1v) is 2.10. The van der Waals surface area contributed by atoms with Gasteiger partial charge >= 0.3 is 10.4 Å². The van der Waals surface area contributed by atoms with Crippen molar-refractivity contribution >= 4 is 10.4 Å². The van der Waals surface area contributed by atoms with Crippen molar-refractivity contribution in [2.75, 3.05) is 0 Å². The topological polar surface area (TPSA) is 74.6 Å². The summed E-state index contributed by atoms with van der Waals surface area (Å²) >= 11 is 0. The summed E-state index contributed by atoms with van der Waals surface area (Å²) in [6, 6.07) is 0. The van der Waals surface area contributed by atoms with E-state index in [1.54, 1.807) is 0 Å². The Hall–Kier alpha value is 0.332. The number of halogens is 1. The van der Waals surface area contributed by atoms with E-state index < -0.39 is 10.4 Å². The van der Waals surface area contributed by atoms with Gasteiger partial charge in [-0.2, -0.15) is 8.42 Å². The Morgan fingerprint density at radius 1 is 1.14 bits per heavy atom. The van der Waals surface area contributed by atoms with Crippen LogP contribution in [0.2, 0.25) is 0 Å². The van der Waals surface area contributed by atoms with Crippen LogP contribution in [0.4, 0.5) is 4.70 Å². The largest absolute Gasteiger partial charge is 0.394 e. The molecule has 46 valence electrons. The Labute approximate surface area is 50.6 Å². The molecule has 0 unspecified atom stereocenters. The summed E-state index contributed by atoms with van der Waals surface area (Å²) in [6.07, 6.45) is 0. The van der Waals surface area contributed by atoms with Crippen molar-refractivity contribution in [2.45, 2.75) is 0 Å². The van der Waals surface area contributed by atoms with Crippen LogP contribution in [0.5, 0.6) is 0 Å². The summed E-state index contributed by atoms with van der Waals surface area (Å²) in [4.78, 5) is 0. The van der Waals surface area contributed by atoms with Crippen molar-refractivity contribution in [1.29, 1.82) is 0 Å². The van der Waals surface area contributed by atoms with E-state index in [4.69, 9.17) is 17.5 Å². The van der Waals surface area contributed by atoms with E-state index in [2.05, 4.69) is 0 Å². The van der Waals surface area contributed by atoms with Gasteiger partial charge in [0.1, 0.15) is 0 Å². The molecule has 0 aliphatic heterocycles. The zero-order valence-corrected chi connectivity index (χ0v) is 5.03. The van der Waals surface area contributed by atoms with Crippen molar-refractivity contribution < 1.29 is 39.6 Å². The molecule has 4 nitrogen and oxygen atoms in total. The van der Waals surface area contributed by atoms with Gasteiger partial charge in [-0.25, -0.2) is 0 Å². The third-order valence-electron chi connectivity index (χ3n) is 0. The van der Waals surface area contributed by atoms with Gasteiger partial charge in [0.2, 0.25) is 0 Å². The Kier molecular flexibility index (Phi) is 10.0. The van der Waals surface area contributed by atoms with E-state index in [0.717, 1.165) is 0 Å². The van der Waals surface area contributed by atoms with E-state index >= 15 is 0 Å². The van der Waals surface area contributed by atoms with Crippen LogP contribution in [-0.2, 0) is 27.8 Å². The maximum absolute atomic E-state index is 8.74. The first kappa shape index (κ1) is 15.7. The normalized spacial score (nSPS) is 8.29. The van der Waals surface area contributed by atoms with Gasteiger partial charge in [0, 0.05) is 17.4 Å². The number of hydrogen-bond acceptors (Lipinski definition) is 2. The van der Waals surface area contributed by atoms with Crippen LogP contribution in [0.3, 0.4) is 0 Å². The van der Waals surface area contributed by atoms with Crippen molar-refractivity contribution in [3.05, 3.63) is 0 Å². The number of rotatable bonds is 0. The van der Waals surface area contributed by atoms with Crippen LogP contribution in [0.25, 0.3) is 0 Å². The summed E-state index contributed by atoms with van der Waals surface area (Å²) in [5.41, 5.74) is 0. The molecular formula is H3CrFO4S. The Balaban J connectivity index is -0.0000000800. The molecule has 7 heavy (non-hydrogen) atoms. The summed E-state index contributed by atoms with van der Waals surface area (Å²) in [5, 5.41) is 0. The fraction of sp³-hybridized carbons (Fsp3) is 0. The van der Waals surface area contributed by atoms with Crippen molar-refractivity contribution in [3.63, 3.8) is 0 Å². The third-order valence-corrected chi connectivity index (χ3v) is 0. The van der Waals surface area contributed by atoms with Gasteiger partial charge in [0.15, 0.2) is 0 Å². The van der Waals surface area contributed by atoms with Gasteiger partial charge < -0.3 is 0 Å². The fourth-order valence-electron chi connectivity index (χ4n) is 0. The molecule has 0 amide bonds. The Bertz CT molecular complexity index is 94.9. The van der Waals surface area contributed by atoms with Gasteiger partial charge in [-0.3, -0.25) is 13.8 Å². The van der Waals surface area contributed by atoms with E-state index in [1.807, 2.05) is 0 Å². The molecular weight excluding hydrogens is 167 g/mol.